The molecule has 5 heteroatoms. The molecule has 0 aliphatic rings. The van der Waals surface area contributed by atoms with Crippen LogP contribution in [0.5, 0.6) is 0 Å². The molecule has 0 heterocycles. The lowest BCUT2D eigenvalue weighted by Gasteiger charge is -2.24. The molecule has 29 heavy (non-hydrogen) atoms. The van der Waals surface area contributed by atoms with Crippen molar-refractivity contribution in [3.8, 4) is 0 Å². The molecule has 0 aliphatic carbocycles. The average Bonchev–Trinajstić information content (AvgIpc) is 2.57. The minimum Gasteiger partial charge on any atom is -0.462 e. The van der Waals surface area contributed by atoms with Gasteiger partial charge in [-0.05, 0) is 40.4 Å². The number of hydrogen-bond donors (Lipinski definition) is 0. The van der Waals surface area contributed by atoms with E-state index in [1.165, 1.54) is 0 Å². The van der Waals surface area contributed by atoms with Gasteiger partial charge in [0, 0.05) is 5.02 Å². The first kappa shape index (κ1) is 25.5. The SMILES string of the molecule is CCC(C)(C)Cc1cc(C(=O)OCC(C)(C)C)c(C(=O)OCC(C)(C)C)cc1Cl. The Morgan fingerprint density at radius 1 is 0.828 bits per heavy atom. The molecular weight excluding hydrogens is 388 g/mol. The Bertz CT molecular complexity index is 736. The van der Waals surface area contributed by atoms with Crippen molar-refractivity contribution in [2.45, 2.75) is 75.2 Å². The summed E-state index contributed by atoms with van der Waals surface area (Å²) in [4.78, 5) is 25.6. The number of carbonyl (C=O) groups is 2. The van der Waals surface area contributed by atoms with Crippen molar-refractivity contribution in [3.05, 3.63) is 33.8 Å². The number of esters is 2. The minimum absolute atomic E-state index is 0.0183. The number of hydrogen-bond acceptors (Lipinski definition) is 4. The normalized spacial score (nSPS) is 12.6. The first-order valence-corrected chi connectivity index (χ1v) is 10.6. The summed E-state index contributed by atoms with van der Waals surface area (Å²) in [5, 5.41) is 0.460. The second-order valence-electron chi connectivity index (χ2n) is 11.0. The first-order chi connectivity index (χ1) is 13.0. The van der Waals surface area contributed by atoms with E-state index in [1.54, 1.807) is 12.1 Å². The quantitative estimate of drug-likeness (QED) is 0.455. The van der Waals surface area contributed by atoms with Gasteiger partial charge in [0.05, 0.1) is 24.3 Å². The molecule has 0 saturated heterocycles. The zero-order valence-corrected chi connectivity index (χ0v) is 20.3. The standard InChI is InChI=1S/C24H37ClO4/c1-10-24(8,9)13-16-11-17(20(26)28-14-22(2,3)4)18(12-19(16)25)21(27)29-15-23(5,6)7/h11-12H,10,13-15H2,1-9H3. The van der Waals surface area contributed by atoms with Crippen LogP contribution in [0.15, 0.2) is 12.1 Å². The number of benzene rings is 1. The molecule has 1 aromatic rings. The molecule has 1 rings (SSSR count). The van der Waals surface area contributed by atoms with Gasteiger partial charge in [0.2, 0.25) is 0 Å². The van der Waals surface area contributed by atoms with E-state index in [0.717, 1.165) is 12.0 Å². The predicted molar refractivity (Wildman–Crippen MR) is 119 cm³/mol. The molecule has 0 aliphatic heterocycles. The number of ether oxygens (including phenoxy) is 2. The lowest BCUT2D eigenvalue weighted by molar-refractivity contribution is 0.0322. The maximum absolute atomic E-state index is 12.8. The Hall–Kier alpha value is -1.55. The first-order valence-electron chi connectivity index (χ1n) is 10.2. The number of rotatable bonds is 7. The molecule has 0 spiro atoms. The van der Waals surface area contributed by atoms with E-state index < -0.39 is 11.9 Å². The van der Waals surface area contributed by atoms with Crippen LogP contribution in [-0.2, 0) is 15.9 Å². The Labute approximate surface area is 181 Å². The molecule has 0 N–H and O–H groups in total. The maximum Gasteiger partial charge on any atom is 0.339 e. The second kappa shape index (κ2) is 9.51. The summed E-state index contributed by atoms with van der Waals surface area (Å²) in [6.45, 7) is 18.8. The van der Waals surface area contributed by atoms with Gasteiger partial charge in [-0.1, -0.05) is 80.3 Å². The fourth-order valence-electron chi connectivity index (χ4n) is 2.45. The van der Waals surface area contributed by atoms with Crippen molar-refractivity contribution in [1.82, 2.24) is 0 Å². The van der Waals surface area contributed by atoms with Crippen LogP contribution >= 0.6 is 11.6 Å². The molecule has 1 aromatic carbocycles. The molecular formula is C24H37ClO4. The Morgan fingerprint density at radius 3 is 1.62 bits per heavy atom. The lowest BCUT2D eigenvalue weighted by atomic mass is 9.82. The van der Waals surface area contributed by atoms with Gasteiger partial charge in [0.25, 0.3) is 0 Å². The van der Waals surface area contributed by atoms with Gasteiger partial charge in [-0.2, -0.15) is 0 Å². The topological polar surface area (TPSA) is 52.6 Å². The van der Waals surface area contributed by atoms with Crippen LogP contribution in [0.3, 0.4) is 0 Å². The highest BCUT2D eigenvalue weighted by Crippen LogP contribution is 2.32. The molecule has 0 aromatic heterocycles. The highest BCUT2D eigenvalue weighted by molar-refractivity contribution is 6.32. The van der Waals surface area contributed by atoms with Crippen LogP contribution in [0.4, 0.5) is 0 Å². The third-order valence-corrected chi connectivity index (χ3v) is 4.88. The van der Waals surface area contributed by atoms with Crippen LogP contribution < -0.4 is 0 Å². The molecule has 4 nitrogen and oxygen atoms in total. The molecule has 0 unspecified atom stereocenters. The maximum atomic E-state index is 12.8. The third kappa shape index (κ3) is 8.77. The van der Waals surface area contributed by atoms with Crippen molar-refractivity contribution in [3.63, 3.8) is 0 Å². The van der Waals surface area contributed by atoms with Crippen molar-refractivity contribution in [2.24, 2.45) is 16.2 Å². The van der Waals surface area contributed by atoms with E-state index in [0.29, 0.717) is 11.4 Å². The summed E-state index contributed by atoms with van der Waals surface area (Å²) < 4.78 is 10.9. The second-order valence-corrected chi connectivity index (χ2v) is 11.4. The van der Waals surface area contributed by atoms with E-state index in [9.17, 15) is 9.59 Å². The number of carbonyl (C=O) groups excluding carboxylic acids is 2. The van der Waals surface area contributed by atoms with E-state index in [-0.39, 0.29) is 40.6 Å². The summed E-state index contributed by atoms with van der Waals surface area (Å²) in [5.41, 5.74) is 0.841. The van der Waals surface area contributed by atoms with Crippen molar-refractivity contribution in [2.75, 3.05) is 13.2 Å². The van der Waals surface area contributed by atoms with E-state index in [4.69, 9.17) is 21.1 Å². The molecule has 0 amide bonds. The van der Waals surface area contributed by atoms with Crippen LogP contribution in [0.2, 0.25) is 5.02 Å². The lowest BCUT2D eigenvalue weighted by Crippen LogP contribution is -2.23. The van der Waals surface area contributed by atoms with Crippen molar-refractivity contribution >= 4 is 23.5 Å². The van der Waals surface area contributed by atoms with E-state index >= 15 is 0 Å². The fourth-order valence-corrected chi connectivity index (χ4v) is 2.68. The highest BCUT2D eigenvalue weighted by Gasteiger charge is 2.26. The van der Waals surface area contributed by atoms with Gasteiger partial charge in [0.15, 0.2) is 0 Å². The van der Waals surface area contributed by atoms with Crippen LogP contribution in [0.25, 0.3) is 0 Å². The predicted octanol–water partition coefficient (Wildman–Crippen LogP) is 6.72. The molecule has 0 saturated carbocycles. The molecule has 164 valence electrons. The van der Waals surface area contributed by atoms with Crippen molar-refractivity contribution in [1.29, 1.82) is 0 Å². The van der Waals surface area contributed by atoms with Gasteiger partial charge in [-0.25, -0.2) is 9.59 Å². The van der Waals surface area contributed by atoms with Crippen LogP contribution in [0, 0.1) is 16.2 Å². The number of halogens is 1. The summed E-state index contributed by atoms with van der Waals surface area (Å²) in [5.74, 6) is -1.10. The zero-order chi connectivity index (χ0) is 22.6. The van der Waals surface area contributed by atoms with E-state index in [2.05, 4.69) is 20.8 Å². The Kier molecular flexibility index (Phi) is 8.36. The van der Waals surface area contributed by atoms with Gasteiger partial charge < -0.3 is 9.47 Å². The third-order valence-electron chi connectivity index (χ3n) is 4.53. The highest BCUT2D eigenvalue weighted by atomic mass is 35.5. The Balaban J connectivity index is 3.32. The van der Waals surface area contributed by atoms with Crippen LogP contribution in [-0.4, -0.2) is 25.2 Å². The summed E-state index contributed by atoms with van der Waals surface area (Å²) in [6, 6.07) is 3.24. The zero-order valence-electron chi connectivity index (χ0n) is 19.5. The van der Waals surface area contributed by atoms with Gasteiger partial charge >= 0.3 is 11.9 Å². The summed E-state index contributed by atoms with van der Waals surface area (Å²) >= 11 is 6.49. The monoisotopic (exact) mass is 424 g/mol. The average molecular weight is 425 g/mol. The fraction of sp³-hybridized carbons (Fsp3) is 0.667. The van der Waals surface area contributed by atoms with E-state index in [1.807, 2.05) is 41.5 Å². The molecule has 0 radical (unpaired) electrons. The summed E-state index contributed by atoms with van der Waals surface area (Å²) in [6.07, 6.45) is 1.65. The largest absolute Gasteiger partial charge is 0.462 e. The minimum atomic E-state index is -0.564. The molecule has 0 atom stereocenters. The molecule has 0 fully saturated rings. The van der Waals surface area contributed by atoms with Crippen LogP contribution in [0.1, 0.15) is 95.0 Å². The summed E-state index contributed by atoms with van der Waals surface area (Å²) in [7, 11) is 0. The molecule has 0 bridgehead atoms. The van der Waals surface area contributed by atoms with Gasteiger partial charge in [-0.15, -0.1) is 0 Å². The Morgan fingerprint density at radius 2 is 1.24 bits per heavy atom. The smallest absolute Gasteiger partial charge is 0.339 e. The van der Waals surface area contributed by atoms with Gasteiger partial charge in [-0.3, -0.25) is 0 Å². The van der Waals surface area contributed by atoms with Gasteiger partial charge in [0.1, 0.15) is 0 Å². The van der Waals surface area contributed by atoms with Crippen molar-refractivity contribution < 1.29 is 19.1 Å².